The number of ether oxygens (including phenoxy) is 1. The highest BCUT2D eigenvalue weighted by Crippen LogP contribution is 2.31. The molecule has 1 aromatic carbocycles. The van der Waals surface area contributed by atoms with Crippen molar-refractivity contribution in [3.05, 3.63) is 57.1 Å². The van der Waals surface area contributed by atoms with Crippen LogP contribution in [0.2, 0.25) is 5.02 Å². The molecule has 1 aliphatic heterocycles. The number of H-pyrrole nitrogens is 1. The van der Waals surface area contributed by atoms with Crippen molar-refractivity contribution in [2.75, 3.05) is 20.7 Å². The van der Waals surface area contributed by atoms with Gasteiger partial charge in [0.05, 0.1) is 18.0 Å². The molecule has 0 bridgehead atoms. The number of aromatic amines is 1. The van der Waals surface area contributed by atoms with Gasteiger partial charge in [-0.25, -0.2) is 9.50 Å². The Labute approximate surface area is 160 Å². The fourth-order valence-corrected chi connectivity index (χ4v) is 3.67. The third-order valence-corrected chi connectivity index (χ3v) is 5.14. The lowest BCUT2D eigenvalue weighted by Crippen LogP contribution is -2.20. The Morgan fingerprint density at radius 1 is 1.30 bits per heavy atom. The van der Waals surface area contributed by atoms with Crippen molar-refractivity contribution >= 4 is 23.2 Å². The number of rotatable bonds is 4. The number of hydrogen-bond acceptors (Lipinski definition) is 4. The molecule has 0 aliphatic carbocycles. The molecule has 1 saturated heterocycles. The highest BCUT2D eigenvalue weighted by molar-refractivity contribution is 6.30. The van der Waals surface area contributed by atoms with Crippen LogP contribution in [0.25, 0.3) is 16.8 Å². The van der Waals surface area contributed by atoms with Gasteiger partial charge in [-0.05, 0) is 17.7 Å². The molecule has 0 radical (unpaired) electrons. The number of fused-ring (bicyclic) bond motifs is 1. The lowest BCUT2D eigenvalue weighted by atomic mass is 10.0. The predicted molar refractivity (Wildman–Crippen MR) is 102 cm³/mol. The van der Waals surface area contributed by atoms with E-state index >= 15 is 0 Å². The van der Waals surface area contributed by atoms with Crippen LogP contribution in [0.3, 0.4) is 0 Å². The number of likely N-dealkylation sites (tertiary alicyclic amines) is 1. The van der Waals surface area contributed by atoms with Crippen LogP contribution in [0.4, 0.5) is 0 Å². The molecule has 27 heavy (non-hydrogen) atoms. The molecule has 1 N–H and O–H groups in total. The summed E-state index contributed by atoms with van der Waals surface area (Å²) < 4.78 is 6.71. The third-order valence-electron chi connectivity index (χ3n) is 4.89. The maximum Gasteiger partial charge on any atom is 0.272 e. The van der Waals surface area contributed by atoms with Crippen LogP contribution in [-0.4, -0.2) is 46.1 Å². The summed E-state index contributed by atoms with van der Waals surface area (Å²) in [4.78, 5) is 31.0. The normalized spacial score (nSPS) is 17.2. The van der Waals surface area contributed by atoms with E-state index in [9.17, 15) is 9.59 Å². The van der Waals surface area contributed by atoms with Gasteiger partial charge in [0, 0.05) is 49.7 Å². The second-order valence-corrected chi connectivity index (χ2v) is 7.20. The molecular formula is C19H19ClN4O3. The topological polar surface area (TPSA) is 79.7 Å². The number of nitrogens with zero attached hydrogens (tertiary/aromatic N) is 3. The van der Waals surface area contributed by atoms with Crippen molar-refractivity contribution in [2.45, 2.75) is 18.9 Å². The van der Waals surface area contributed by atoms with Crippen molar-refractivity contribution in [3.8, 4) is 11.1 Å². The maximum atomic E-state index is 12.7. The van der Waals surface area contributed by atoms with Crippen LogP contribution >= 0.6 is 11.6 Å². The van der Waals surface area contributed by atoms with Crippen molar-refractivity contribution in [1.29, 1.82) is 0 Å². The number of carbonyl (C=O) groups excluding carboxylic acids is 1. The molecule has 140 valence electrons. The summed E-state index contributed by atoms with van der Waals surface area (Å²) in [6.07, 6.45) is 0.366. The predicted octanol–water partition coefficient (Wildman–Crippen LogP) is 2.44. The van der Waals surface area contributed by atoms with Gasteiger partial charge in [0.2, 0.25) is 5.91 Å². The van der Waals surface area contributed by atoms with E-state index in [-0.39, 0.29) is 17.4 Å². The van der Waals surface area contributed by atoms with E-state index in [4.69, 9.17) is 21.3 Å². The summed E-state index contributed by atoms with van der Waals surface area (Å²) in [5, 5.41) is 3.72. The number of hydrogen-bond donors (Lipinski definition) is 1. The summed E-state index contributed by atoms with van der Waals surface area (Å²) in [6, 6.07) is 8.86. The molecule has 1 fully saturated rings. The molecule has 1 unspecified atom stereocenters. The number of methoxy groups -OCH3 is 1. The molecule has 1 amide bonds. The number of carbonyl (C=O) groups is 1. The second-order valence-electron chi connectivity index (χ2n) is 6.76. The van der Waals surface area contributed by atoms with E-state index in [2.05, 4.69) is 5.10 Å². The van der Waals surface area contributed by atoms with Gasteiger partial charge in [0.1, 0.15) is 0 Å². The molecule has 1 aliphatic rings. The average molecular weight is 387 g/mol. The minimum absolute atomic E-state index is 0.0639. The number of likely N-dealkylation sites (N-methyl/N-ethyl adjacent to an activating group) is 1. The Kier molecular flexibility index (Phi) is 4.49. The SMILES string of the molecule is COCc1[nH]n2c(=O)cc(C3CC(=O)N(C)C3)nc2c1-c1ccc(Cl)cc1. The maximum absolute atomic E-state index is 12.7. The van der Waals surface area contributed by atoms with Crippen LogP contribution in [0.15, 0.2) is 35.1 Å². The highest BCUT2D eigenvalue weighted by Gasteiger charge is 2.30. The number of nitrogens with one attached hydrogen (secondary N) is 1. The molecule has 3 aromatic rings. The van der Waals surface area contributed by atoms with Gasteiger partial charge in [-0.1, -0.05) is 23.7 Å². The van der Waals surface area contributed by atoms with Crippen LogP contribution in [0, 0.1) is 0 Å². The molecule has 3 heterocycles. The monoisotopic (exact) mass is 386 g/mol. The summed E-state index contributed by atoms with van der Waals surface area (Å²) in [5.74, 6) is -0.0203. The summed E-state index contributed by atoms with van der Waals surface area (Å²) in [7, 11) is 3.36. The van der Waals surface area contributed by atoms with E-state index in [0.717, 1.165) is 16.8 Å². The molecule has 8 heteroatoms. The van der Waals surface area contributed by atoms with Gasteiger partial charge < -0.3 is 9.64 Å². The zero-order valence-corrected chi connectivity index (χ0v) is 15.8. The van der Waals surface area contributed by atoms with Gasteiger partial charge >= 0.3 is 0 Å². The molecule has 4 rings (SSSR count). The molecule has 0 spiro atoms. The van der Waals surface area contributed by atoms with Crippen LogP contribution < -0.4 is 5.56 Å². The summed E-state index contributed by atoms with van der Waals surface area (Å²) in [6.45, 7) is 0.869. The smallest absolute Gasteiger partial charge is 0.272 e. The van der Waals surface area contributed by atoms with Crippen molar-refractivity contribution < 1.29 is 9.53 Å². The van der Waals surface area contributed by atoms with Crippen LogP contribution in [-0.2, 0) is 16.1 Å². The number of aromatic nitrogens is 3. The van der Waals surface area contributed by atoms with Crippen LogP contribution in [0.5, 0.6) is 0 Å². The second kappa shape index (κ2) is 6.83. The van der Waals surface area contributed by atoms with Gasteiger partial charge in [-0.15, -0.1) is 0 Å². The minimum atomic E-state index is -0.213. The van der Waals surface area contributed by atoms with E-state index < -0.39 is 0 Å². The standard InChI is InChI=1S/C19H19ClN4O3/c1-23-9-12(7-16(23)25)14-8-17(26)24-19(21-14)18(15(22-24)10-27-2)11-3-5-13(20)6-4-11/h3-6,8,12,22H,7,9-10H2,1-2H3. The van der Waals surface area contributed by atoms with Crippen molar-refractivity contribution in [1.82, 2.24) is 19.5 Å². The Morgan fingerprint density at radius 2 is 2.04 bits per heavy atom. The molecule has 0 saturated carbocycles. The largest absolute Gasteiger partial charge is 0.378 e. The zero-order valence-electron chi connectivity index (χ0n) is 15.0. The number of amides is 1. The van der Waals surface area contributed by atoms with Gasteiger partial charge in [-0.3, -0.25) is 14.7 Å². The Bertz CT molecular complexity index is 1070. The molecule has 7 nitrogen and oxygen atoms in total. The lowest BCUT2D eigenvalue weighted by molar-refractivity contribution is -0.126. The van der Waals surface area contributed by atoms with E-state index in [1.165, 1.54) is 10.6 Å². The fourth-order valence-electron chi connectivity index (χ4n) is 3.54. The van der Waals surface area contributed by atoms with Crippen LogP contribution in [0.1, 0.15) is 23.7 Å². The quantitative estimate of drug-likeness (QED) is 0.746. The Hall–Kier alpha value is -2.64. The third kappa shape index (κ3) is 3.13. The van der Waals surface area contributed by atoms with Gasteiger partial charge in [-0.2, -0.15) is 0 Å². The molecule has 1 atom stereocenters. The Morgan fingerprint density at radius 3 is 2.67 bits per heavy atom. The van der Waals surface area contributed by atoms with E-state index in [0.29, 0.717) is 35.9 Å². The first-order chi connectivity index (χ1) is 13.0. The highest BCUT2D eigenvalue weighted by atomic mass is 35.5. The van der Waals surface area contributed by atoms with Crippen molar-refractivity contribution in [2.24, 2.45) is 0 Å². The van der Waals surface area contributed by atoms with E-state index in [1.54, 1.807) is 31.2 Å². The van der Waals surface area contributed by atoms with Gasteiger partial charge in [0.25, 0.3) is 5.56 Å². The zero-order chi connectivity index (χ0) is 19.1. The minimum Gasteiger partial charge on any atom is -0.378 e. The van der Waals surface area contributed by atoms with E-state index in [1.807, 2.05) is 12.1 Å². The first kappa shape index (κ1) is 17.8. The molecular weight excluding hydrogens is 368 g/mol. The average Bonchev–Trinajstić information content (AvgIpc) is 3.17. The molecule has 2 aromatic heterocycles. The summed E-state index contributed by atoms with van der Waals surface area (Å²) in [5.41, 5.74) is 3.37. The van der Waals surface area contributed by atoms with Crippen molar-refractivity contribution in [3.63, 3.8) is 0 Å². The first-order valence-corrected chi connectivity index (χ1v) is 8.99. The number of halogens is 1. The van der Waals surface area contributed by atoms with Gasteiger partial charge in [0.15, 0.2) is 5.65 Å². The Balaban J connectivity index is 1.91. The summed E-state index contributed by atoms with van der Waals surface area (Å²) >= 11 is 6.02. The first-order valence-electron chi connectivity index (χ1n) is 8.61. The lowest BCUT2D eigenvalue weighted by Gasteiger charge is -2.10. The fraction of sp³-hybridized carbons (Fsp3) is 0.316. The number of benzene rings is 1.